The van der Waals surface area contributed by atoms with Gasteiger partial charge < -0.3 is 14.7 Å². The second-order valence-corrected chi connectivity index (χ2v) is 6.20. The summed E-state index contributed by atoms with van der Waals surface area (Å²) in [6.07, 6.45) is 4.75. The molecule has 1 amide bonds. The number of nitrogens with zero attached hydrogens (tertiary/aromatic N) is 1. The lowest BCUT2D eigenvalue weighted by atomic mass is 10.1. The van der Waals surface area contributed by atoms with Crippen molar-refractivity contribution in [2.24, 2.45) is 5.92 Å². The molecule has 0 aliphatic heterocycles. The molecular weight excluding hydrogens is 266 g/mol. The van der Waals surface area contributed by atoms with Gasteiger partial charge in [0.05, 0.1) is 6.61 Å². The number of hydrogen-bond acceptors (Lipinski definition) is 3. The molecule has 1 unspecified atom stereocenters. The van der Waals surface area contributed by atoms with E-state index in [1.807, 2.05) is 23.1 Å². The zero-order valence-electron chi connectivity index (χ0n) is 12.5. The molecule has 1 atom stereocenters. The maximum Gasteiger partial charge on any atom is 0.261 e. The summed E-state index contributed by atoms with van der Waals surface area (Å²) in [5, 5.41) is 9.12. The molecule has 4 nitrogen and oxygen atoms in total. The summed E-state index contributed by atoms with van der Waals surface area (Å²) in [5.74, 6) is 1.42. The first-order chi connectivity index (χ1) is 10.2. The topological polar surface area (TPSA) is 49.8 Å². The van der Waals surface area contributed by atoms with Crippen LogP contribution in [-0.2, 0) is 11.4 Å². The number of hydrogen-bond donors (Lipinski definition) is 1. The van der Waals surface area contributed by atoms with Gasteiger partial charge in [0.25, 0.3) is 5.91 Å². The second kappa shape index (κ2) is 6.06. The highest BCUT2D eigenvalue weighted by Gasteiger charge is 2.41. The van der Waals surface area contributed by atoms with Crippen LogP contribution in [0.3, 0.4) is 0 Å². The summed E-state index contributed by atoms with van der Waals surface area (Å²) in [6, 6.07) is 8.03. The van der Waals surface area contributed by atoms with E-state index in [1.165, 1.54) is 12.8 Å². The summed E-state index contributed by atoms with van der Waals surface area (Å²) < 4.78 is 5.62. The number of amides is 1. The highest BCUT2D eigenvalue weighted by Crippen LogP contribution is 2.39. The lowest BCUT2D eigenvalue weighted by Gasteiger charge is -2.29. The van der Waals surface area contributed by atoms with Crippen LogP contribution in [0.2, 0.25) is 0 Å². The lowest BCUT2D eigenvalue weighted by molar-refractivity contribution is -0.136. The Morgan fingerprint density at radius 1 is 1.38 bits per heavy atom. The molecule has 1 aromatic rings. The Morgan fingerprint density at radius 2 is 2.14 bits per heavy atom. The molecule has 4 heteroatoms. The minimum absolute atomic E-state index is 0.0158. The quantitative estimate of drug-likeness (QED) is 0.838. The standard InChI is InChI=1S/C17H23NO3/c1-12(14-5-6-14)18(15-7-8-15)17(20)11-21-16-4-2-3-13(9-16)10-19/h2-4,9,12,14-15,19H,5-8,10-11H2,1H3. The fraction of sp³-hybridized carbons (Fsp3) is 0.588. The first-order valence-electron chi connectivity index (χ1n) is 7.83. The van der Waals surface area contributed by atoms with Gasteiger partial charge in [-0.1, -0.05) is 12.1 Å². The van der Waals surface area contributed by atoms with Gasteiger partial charge in [0, 0.05) is 12.1 Å². The zero-order chi connectivity index (χ0) is 14.8. The van der Waals surface area contributed by atoms with Crippen LogP contribution in [0.25, 0.3) is 0 Å². The van der Waals surface area contributed by atoms with Crippen LogP contribution in [0.1, 0.15) is 38.2 Å². The Hall–Kier alpha value is -1.55. The van der Waals surface area contributed by atoms with Gasteiger partial charge in [-0.2, -0.15) is 0 Å². The smallest absolute Gasteiger partial charge is 0.261 e. The van der Waals surface area contributed by atoms with E-state index in [1.54, 1.807) is 6.07 Å². The predicted molar refractivity (Wildman–Crippen MR) is 79.9 cm³/mol. The van der Waals surface area contributed by atoms with E-state index in [-0.39, 0.29) is 19.1 Å². The van der Waals surface area contributed by atoms with Gasteiger partial charge in [0.15, 0.2) is 6.61 Å². The Morgan fingerprint density at radius 3 is 2.76 bits per heavy atom. The molecule has 2 saturated carbocycles. The highest BCUT2D eigenvalue weighted by molar-refractivity contribution is 5.79. The Balaban J connectivity index is 1.58. The van der Waals surface area contributed by atoms with E-state index in [9.17, 15) is 4.79 Å². The lowest BCUT2D eigenvalue weighted by Crippen LogP contribution is -2.44. The summed E-state index contributed by atoms with van der Waals surface area (Å²) in [7, 11) is 0. The minimum Gasteiger partial charge on any atom is -0.484 e. The fourth-order valence-electron chi connectivity index (χ4n) is 2.87. The van der Waals surface area contributed by atoms with Gasteiger partial charge in [-0.05, 0) is 56.2 Å². The Labute approximate surface area is 125 Å². The van der Waals surface area contributed by atoms with Crippen LogP contribution in [-0.4, -0.2) is 34.6 Å². The average Bonchev–Trinajstić information content (AvgIpc) is 3.38. The Bertz CT molecular complexity index is 509. The highest BCUT2D eigenvalue weighted by atomic mass is 16.5. The molecule has 1 N–H and O–H groups in total. The molecule has 2 aliphatic carbocycles. The Kier molecular flexibility index (Phi) is 4.15. The van der Waals surface area contributed by atoms with Crippen LogP contribution in [0.4, 0.5) is 0 Å². The van der Waals surface area contributed by atoms with Crippen molar-refractivity contribution in [3.8, 4) is 5.75 Å². The van der Waals surface area contributed by atoms with Crippen LogP contribution in [0.5, 0.6) is 5.75 Å². The maximum atomic E-state index is 12.5. The molecule has 0 aromatic heterocycles. The number of carbonyl (C=O) groups is 1. The molecule has 2 fully saturated rings. The SMILES string of the molecule is CC(C1CC1)N(C(=O)COc1cccc(CO)c1)C1CC1. The molecule has 0 spiro atoms. The predicted octanol–water partition coefficient (Wildman–Crippen LogP) is 2.35. The van der Waals surface area contributed by atoms with E-state index in [0.29, 0.717) is 23.8 Å². The van der Waals surface area contributed by atoms with Crippen molar-refractivity contribution < 1.29 is 14.6 Å². The molecule has 3 rings (SSSR count). The van der Waals surface area contributed by atoms with E-state index >= 15 is 0 Å². The van der Waals surface area contributed by atoms with Crippen molar-refractivity contribution in [2.75, 3.05) is 6.61 Å². The van der Waals surface area contributed by atoms with Crippen molar-refractivity contribution in [3.05, 3.63) is 29.8 Å². The molecule has 114 valence electrons. The third kappa shape index (κ3) is 3.56. The number of carbonyl (C=O) groups excluding carboxylic acids is 1. The number of rotatable bonds is 7. The van der Waals surface area contributed by atoms with Crippen molar-refractivity contribution in [1.29, 1.82) is 0 Å². The summed E-state index contributed by atoms with van der Waals surface area (Å²) in [4.78, 5) is 14.5. The fourth-order valence-corrected chi connectivity index (χ4v) is 2.87. The molecule has 1 aromatic carbocycles. The minimum atomic E-state index is -0.0158. The molecule has 2 aliphatic rings. The van der Waals surface area contributed by atoms with Crippen LogP contribution < -0.4 is 4.74 Å². The van der Waals surface area contributed by atoms with Gasteiger partial charge in [-0.25, -0.2) is 0 Å². The van der Waals surface area contributed by atoms with Gasteiger partial charge in [0.2, 0.25) is 0 Å². The molecule has 0 saturated heterocycles. The normalized spacial score (nSPS) is 19.1. The summed E-state index contributed by atoms with van der Waals surface area (Å²) in [5.41, 5.74) is 0.797. The van der Waals surface area contributed by atoms with Gasteiger partial charge in [-0.15, -0.1) is 0 Å². The molecule has 0 heterocycles. The first-order valence-corrected chi connectivity index (χ1v) is 7.83. The number of benzene rings is 1. The zero-order valence-corrected chi connectivity index (χ0v) is 12.5. The first kappa shape index (κ1) is 14.4. The molecule has 0 bridgehead atoms. The third-order valence-corrected chi connectivity index (χ3v) is 4.41. The monoisotopic (exact) mass is 289 g/mol. The van der Waals surface area contributed by atoms with E-state index in [0.717, 1.165) is 18.4 Å². The number of aliphatic hydroxyl groups is 1. The van der Waals surface area contributed by atoms with Gasteiger partial charge in [0.1, 0.15) is 5.75 Å². The van der Waals surface area contributed by atoms with Gasteiger partial charge in [-0.3, -0.25) is 4.79 Å². The maximum absolute atomic E-state index is 12.5. The van der Waals surface area contributed by atoms with Crippen molar-refractivity contribution in [1.82, 2.24) is 4.90 Å². The van der Waals surface area contributed by atoms with Crippen molar-refractivity contribution >= 4 is 5.91 Å². The largest absolute Gasteiger partial charge is 0.484 e. The van der Waals surface area contributed by atoms with Crippen LogP contribution >= 0.6 is 0 Å². The molecular formula is C17H23NO3. The van der Waals surface area contributed by atoms with E-state index < -0.39 is 0 Å². The van der Waals surface area contributed by atoms with Crippen molar-refractivity contribution in [2.45, 2.75) is 51.3 Å². The molecule has 0 radical (unpaired) electrons. The number of ether oxygens (including phenoxy) is 1. The average molecular weight is 289 g/mol. The summed E-state index contributed by atoms with van der Waals surface area (Å²) in [6.45, 7) is 2.24. The third-order valence-electron chi connectivity index (χ3n) is 4.41. The second-order valence-electron chi connectivity index (χ2n) is 6.20. The molecule has 21 heavy (non-hydrogen) atoms. The van der Waals surface area contributed by atoms with E-state index in [2.05, 4.69) is 6.92 Å². The summed E-state index contributed by atoms with van der Waals surface area (Å²) >= 11 is 0. The van der Waals surface area contributed by atoms with Crippen LogP contribution in [0.15, 0.2) is 24.3 Å². The van der Waals surface area contributed by atoms with Crippen LogP contribution in [0, 0.1) is 5.92 Å². The van der Waals surface area contributed by atoms with Gasteiger partial charge >= 0.3 is 0 Å². The van der Waals surface area contributed by atoms with Crippen molar-refractivity contribution in [3.63, 3.8) is 0 Å². The number of aliphatic hydroxyl groups excluding tert-OH is 1. The van der Waals surface area contributed by atoms with E-state index in [4.69, 9.17) is 9.84 Å².